The summed E-state index contributed by atoms with van der Waals surface area (Å²) in [7, 11) is 0. The minimum Gasteiger partial charge on any atom is -0.328 e. The average molecular weight is 296 g/mol. The van der Waals surface area contributed by atoms with Crippen molar-refractivity contribution < 1.29 is 0 Å². The average Bonchev–Trinajstić information content (AvgIpc) is 2.20. The Labute approximate surface area is 118 Å². The Bertz CT molecular complexity index is 343. The van der Waals surface area contributed by atoms with E-state index in [2.05, 4.69) is 4.90 Å². The third-order valence-electron chi connectivity index (χ3n) is 2.96. The molecule has 1 heterocycles. The van der Waals surface area contributed by atoms with Crippen molar-refractivity contribution in [3.05, 3.63) is 33.8 Å². The Morgan fingerprint density at radius 1 is 1.12 bits per heavy atom. The van der Waals surface area contributed by atoms with Crippen LogP contribution < -0.4 is 5.73 Å². The molecule has 0 saturated carbocycles. The van der Waals surface area contributed by atoms with E-state index < -0.39 is 0 Å². The predicted octanol–water partition coefficient (Wildman–Crippen LogP) is 3.34. The van der Waals surface area contributed by atoms with Gasteiger partial charge in [0.05, 0.1) is 0 Å². The molecule has 17 heavy (non-hydrogen) atoms. The molecule has 1 saturated heterocycles. The maximum Gasteiger partial charge on any atom is 0.0424 e. The molecule has 2 nitrogen and oxygen atoms in total. The predicted molar refractivity (Wildman–Crippen MR) is 76.2 cm³/mol. The zero-order valence-electron chi connectivity index (χ0n) is 9.53. The molecule has 2 N–H and O–H groups in total. The first-order chi connectivity index (χ1) is 7.63. The first-order valence-corrected chi connectivity index (χ1v) is 6.32. The molecule has 96 valence electrons. The minimum atomic E-state index is 0. The molecule has 0 aromatic heterocycles. The van der Waals surface area contributed by atoms with Crippen LogP contribution in [-0.2, 0) is 6.54 Å². The van der Waals surface area contributed by atoms with E-state index in [4.69, 9.17) is 28.9 Å². The van der Waals surface area contributed by atoms with Crippen molar-refractivity contribution in [2.75, 3.05) is 13.1 Å². The number of likely N-dealkylation sites (tertiary alicyclic amines) is 1. The first kappa shape index (κ1) is 15.1. The van der Waals surface area contributed by atoms with Gasteiger partial charge in [-0.3, -0.25) is 4.90 Å². The molecule has 0 atom stereocenters. The van der Waals surface area contributed by atoms with Crippen LogP contribution in [0.2, 0.25) is 10.0 Å². The second kappa shape index (κ2) is 6.81. The number of halogens is 3. The highest BCUT2D eigenvalue weighted by atomic mass is 35.5. The van der Waals surface area contributed by atoms with Crippen molar-refractivity contribution in [3.63, 3.8) is 0 Å². The third-order valence-corrected chi connectivity index (χ3v) is 3.40. The monoisotopic (exact) mass is 294 g/mol. The van der Waals surface area contributed by atoms with Crippen LogP contribution in [0.5, 0.6) is 0 Å². The van der Waals surface area contributed by atoms with Crippen LogP contribution in [0, 0.1) is 0 Å². The van der Waals surface area contributed by atoms with Crippen LogP contribution in [0.4, 0.5) is 0 Å². The van der Waals surface area contributed by atoms with E-state index in [9.17, 15) is 0 Å². The van der Waals surface area contributed by atoms with Gasteiger partial charge in [0.25, 0.3) is 0 Å². The van der Waals surface area contributed by atoms with Crippen LogP contribution in [0.1, 0.15) is 18.4 Å². The van der Waals surface area contributed by atoms with Gasteiger partial charge >= 0.3 is 0 Å². The summed E-state index contributed by atoms with van der Waals surface area (Å²) < 4.78 is 0. The molecule has 0 radical (unpaired) electrons. The zero-order chi connectivity index (χ0) is 11.5. The molecule has 0 amide bonds. The molecule has 5 heteroatoms. The molecule has 0 aliphatic carbocycles. The fourth-order valence-electron chi connectivity index (χ4n) is 2.07. The van der Waals surface area contributed by atoms with E-state index in [1.807, 2.05) is 12.1 Å². The van der Waals surface area contributed by atoms with E-state index in [1.165, 1.54) is 5.56 Å². The molecule has 1 aliphatic heterocycles. The van der Waals surface area contributed by atoms with Gasteiger partial charge in [-0.1, -0.05) is 23.2 Å². The summed E-state index contributed by atoms with van der Waals surface area (Å²) >= 11 is 11.9. The maximum atomic E-state index is 5.97. The Hall–Kier alpha value is 0.01000. The van der Waals surface area contributed by atoms with Crippen molar-refractivity contribution in [2.45, 2.75) is 25.4 Å². The van der Waals surface area contributed by atoms with Crippen LogP contribution >= 0.6 is 35.6 Å². The highest BCUT2D eigenvalue weighted by Crippen LogP contribution is 2.21. The fourth-order valence-corrected chi connectivity index (χ4v) is 2.64. The van der Waals surface area contributed by atoms with Gasteiger partial charge in [0.15, 0.2) is 0 Å². The van der Waals surface area contributed by atoms with Gasteiger partial charge < -0.3 is 5.73 Å². The lowest BCUT2D eigenvalue weighted by atomic mass is 10.1. The molecular formula is C12H17Cl3N2. The summed E-state index contributed by atoms with van der Waals surface area (Å²) in [5.41, 5.74) is 7.04. The van der Waals surface area contributed by atoms with E-state index in [0.29, 0.717) is 16.1 Å². The quantitative estimate of drug-likeness (QED) is 0.907. The SMILES string of the molecule is Cl.NC1CCN(Cc2cc(Cl)cc(Cl)c2)CC1. The van der Waals surface area contributed by atoms with Gasteiger partial charge in [0.1, 0.15) is 0 Å². The van der Waals surface area contributed by atoms with Crippen molar-refractivity contribution in [1.82, 2.24) is 4.90 Å². The molecule has 2 rings (SSSR count). The number of benzene rings is 1. The highest BCUT2D eigenvalue weighted by molar-refractivity contribution is 6.34. The summed E-state index contributed by atoms with van der Waals surface area (Å²) in [6, 6.07) is 6.09. The minimum absolute atomic E-state index is 0. The largest absolute Gasteiger partial charge is 0.328 e. The van der Waals surface area contributed by atoms with Crippen molar-refractivity contribution in [2.24, 2.45) is 5.73 Å². The summed E-state index contributed by atoms with van der Waals surface area (Å²) in [5.74, 6) is 0. The van der Waals surface area contributed by atoms with Crippen LogP contribution in [0.3, 0.4) is 0 Å². The molecule has 1 fully saturated rings. The van der Waals surface area contributed by atoms with Gasteiger partial charge in [-0.2, -0.15) is 0 Å². The Morgan fingerprint density at radius 3 is 2.18 bits per heavy atom. The maximum absolute atomic E-state index is 5.97. The summed E-state index contributed by atoms with van der Waals surface area (Å²) in [6.07, 6.45) is 2.16. The zero-order valence-corrected chi connectivity index (χ0v) is 11.9. The van der Waals surface area contributed by atoms with Crippen LogP contribution in [0.25, 0.3) is 0 Å². The van der Waals surface area contributed by atoms with Crippen molar-refractivity contribution >= 4 is 35.6 Å². The highest BCUT2D eigenvalue weighted by Gasteiger charge is 2.16. The molecule has 1 aromatic rings. The van der Waals surface area contributed by atoms with Crippen molar-refractivity contribution in [1.29, 1.82) is 0 Å². The summed E-state index contributed by atoms with van der Waals surface area (Å²) in [6.45, 7) is 3.03. The number of piperidine rings is 1. The number of hydrogen-bond donors (Lipinski definition) is 1. The smallest absolute Gasteiger partial charge is 0.0424 e. The Kier molecular flexibility index (Phi) is 6.04. The summed E-state index contributed by atoms with van der Waals surface area (Å²) in [5, 5.41) is 1.41. The second-order valence-electron chi connectivity index (χ2n) is 4.39. The van der Waals surface area contributed by atoms with Crippen LogP contribution in [0.15, 0.2) is 18.2 Å². The van der Waals surface area contributed by atoms with Crippen molar-refractivity contribution in [3.8, 4) is 0 Å². The van der Waals surface area contributed by atoms with E-state index >= 15 is 0 Å². The molecule has 0 spiro atoms. The topological polar surface area (TPSA) is 29.3 Å². The molecule has 0 bridgehead atoms. The summed E-state index contributed by atoms with van der Waals surface area (Å²) in [4.78, 5) is 2.39. The third kappa shape index (κ3) is 4.65. The fraction of sp³-hybridized carbons (Fsp3) is 0.500. The van der Waals surface area contributed by atoms with E-state index in [-0.39, 0.29) is 12.4 Å². The lowest BCUT2D eigenvalue weighted by molar-refractivity contribution is 0.205. The van der Waals surface area contributed by atoms with Gasteiger partial charge in [-0.05, 0) is 49.7 Å². The lowest BCUT2D eigenvalue weighted by Crippen LogP contribution is -2.39. The van der Waals surface area contributed by atoms with Gasteiger partial charge in [0.2, 0.25) is 0 Å². The lowest BCUT2D eigenvalue weighted by Gasteiger charge is -2.30. The Morgan fingerprint density at radius 2 is 1.65 bits per heavy atom. The van der Waals surface area contributed by atoms with Crippen LogP contribution in [-0.4, -0.2) is 24.0 Å². The second-order valence-corrected chi connectivity index (χ2v) is 5.26. The van der Waals surface area contributed by atoms with Gasteiger partial charge in [-0.25, -0.2) is 0 Å². The number of rotatable bonds is 2. The number of nitrogens with two attached hydrogens (primary N) is 1. The van der Waals surface area contributed by atoms with Gasteiger partial charge in [0, 0.05) is 22.6 Å². The molecular weight excluding hydrogens is 279 g/mol. The molecule has 1 aromatic carbocycles. The standard InChI is InChI=1S/C12H16Cl2N2.ClH/c13-10-5-9(6-11(14)7-10)8-16-3-1-12(15)2-4-16;/h5-7,12H,1-4,8,15H2;1H. The van der Waals surface area contributed by atoms with E-state index in [0.717, 1.165) is 32.5 Å². The first-order valence-electron chi connectivity index (χ1n) is 5.56. The number of nitrogens with zero attached hydrogens (tertiary/aromatic N) is 1. The van der Waals surface area contributed by atoms with Gasteiger partial charge in [-0.15, -0.1) is 12.4 Å². The van der Waals surface area contributed by atoms with E-state index in [1.54, 1.807) is 6.07 Å². The Balaban J connectivity index is 0.00000144. The number of hydrogen-bond acceptors (Lipinski definition) is 2. The normalized spacial score (nSPS) is 17.8. The molecule has 1 aliphatic rings. The molecule has 0 unspecified atom stereocenters.